The van der Waals surface area contributed by atoms with Crippen molar-refractivity contribution < 1.29 is 9.59 Å². The molecule has 4 heteroatoms. The molecule has 0 bridgehead atoms. The molecule has 1 spiro atoms. The van der Waals surface area contributed by atoms with Crippen molar-refractivity contribution in [1.29, 1.82) is 0 Å². The highest BCUT2D eigenvalue weighted by Gasteiger charge is 2.55. The molecule has 0 aromatic rings. The Morgan fingerprint density at radius 1 is 1.05 bits per heavy atom. The maximum Gasteiger partial charge on any atom is 0.246 e. The normalized spacial score (nSPS) is 32.4. The van der Waals surface area contributed by atoms with Crippen LogP contribution >= 0.6 is 0 Å². The summed E-state index contributed by atoms with van der Waals surface area (Å²) in [7, 11) is 0. The fraction of sp³-hybridized carbons (Fsp3) is 0.882. The van der Waals surface area contributed by atoms with Gasteiger partial charge in [-0.25, -0.2) is 0 Å². The van der Waals surface area contributed by atoms with E-state index < -0.39 is 5.54 Å². The summed E-state index contributed by atoms with van der Waals surface area (Å²) >= 11 is 0. The van der Waals surface area contributed by atoms with Crippen LogP contribution in [0, 0.1) is 11.8 Å². The predicted molar refractivity (Wildman–Crippen MR) is 79.5 cm³/mol. The third kappa shape index (κ3) is 2.36. The molecule has 2 amide bonds. The summed E-state index contributed by atoms with van der Waals surface area (Å²) in [6.45, 7) is 0.806. The van der Waals surface area contributed by atoms with Gasteiger partial charge in [-0.2, -0.15) is 0 Å². The van der Waals surface area contributed by atoms with Crippen molar-refractivity contribution in [3.63, 3.8) is 0 Å². The van der Waals surface area contributed by atoms with Crippen LogP contribution in [0.15, 0.2) is 0 Å². The van der Waals surface area contributed by atoms with E-state index in [4.69, 9.17) is 0 Å². The summed E-state index contributed by atoms with van der Waals surface area (Å²) in [5.41, 5.74) is -0.504. The molecule has 1 atom stereocenters. The first kappa shape index (κ1) is 13.6. The van der Waals surface area contributed by atoms with Gasteiger partial charge in [0.15, 0.2) is 0 Å². The van der Waals surface area contributed by atoms with Crippen LogP contribution in [-0.4, -0.2) is 34.8 Å². The molecule has 21 heavy (non-hydrogen) atoms. The first-order valence-electron chi connectivity index (χ1n) is 8.83. The van der Waals surface area contributed by atoms with Gasteiger partial charge in [-0.1, -0.05) is 32.1 Å². The molecule has 1 heterocycles. The molecule has 116 valence electrons. The summed E-state index contributed by atoms with van der Waals surface area (Å²) in [6.07, 6.45) is 11.0. The summed E-state index contributed by atoms with van der Waals surface area (Å²) in [6, 6.07) is -0.218. The van der Waals surface area contributed by atoms with Gasteiger partial charge in [0.2, 0.25) is 11.8 Å². The number of hydrogen-bond donors (Lipinski definition) is 1. The van der Waals surface area contributed by atoms with Gasteiger partial charge in [0.1, 0.15) is 11.6 Å². The zero-order chi connectivity index (χ0) is 14.4. The van der Waals surface area contributed by atoms with E-state index in [9.17, 15) is 9.59 Å². The van der Waals surface area contributed by atoms with Gasteiger partial charge < -0.3 is 10.2 Å². The van der Waals surface area contributed by atoms with Gasteiger partial charge in [0, 0.05) is 6.54 Å². The van der Waals surface area contributed by atoms with Crippen LogP contribution in [0.3, 0.4) is 0 Å². The van der Waals surface area contributed by atoms with E-state index in [2.05, 4.69) is 5.32 Å². The van der Waals surface area contributed by atoms with Gasteiger partial charge in [-0.3, -0.25) is 9.59 Å². The average Bonchev–Trinajstić information content (AvgIpc) is 3.37. The van der Waals surface area contributed by atoms with E-state index in [1.54, 1.807) is 0 Å². The number of piperazine rings is 1. The number of carbonyl (C=O) groups is 2. The van der Waals surface area contributed by atoms with Crippen LogP contribution in [0.4, 0.5) is 0 Å². The minimum Gasteiger partial charge on any atom is -0.342 e. The predicted octanol–water partition coefficient (Wildman–Crippen LogP) is 2.23. The van der Waals surface area contributed by atoms with Gasteiger partial charge in [-0.05, 0) is 43.9 Å². The molecule has 1 N–H and O–H groups in total. The van der Waals surface area contributed by atoms with E-state index in [0.29, 0.717) is 5.92 Å². The Hall–Kier alpha value is -1.06. The van der Waals surface area contributed by atoms with Crippen molar-refractivity contribution in [3.8, 4) is 0 Å². The molecular formula is C17H26N2O2. The number of carbonyl (C=O) groups excluding carboxylic acids is 2. The summed E-state index contributed by atoms with van der Waals surface area (Å²) in [5, 5.41) is 3.09. The lowest BCUT2D eigenvalue weighted by atomic mass is 9.77. The van der Waals surface area contributed by atoms with Crippen LogP contribution in [0.5, 0.6) is 0 Å². The van der Waals surface area contributed by atoms with E-state index in [1.165, 1.54) is 19.3 Å². The van der Waals surface area contributed by atoms with E-state index in [1.807, 2.05) is 4.90 Å². The standard InChI is InChI=1S/C17H26N2O2/c20-15-14(13-6-7-13)18-16(21)17(9-2-1-3-10-17)19(15)11-8-12-4-5-12/h12-14H,1-11H2,(H,18,21). The van der Waals surface area contributed by atoms with Crippen molar-refractivity contribution >= 4 is 11.8 Å². The molecular weight excluding hydrogens is 264 g/mol. The van der Waals surface area contributed by atoms with Crippen molar-refractivity contribution in [2.24, 2.45) is 11.8 Å². The Balaban J connectivity index is 1.58. The molecule has 1 aliphatic heterocycles. The highest BCUT2D eigenvalue weighted by molar-refractivity contribution is 6.00. The minimum absolute atomic E-state index is 0.148. The summed E-state index contributed by atoms with van der Waals surface area (Å²) in [4.78, 5) is 27.8. The van der Waals surface area contributed by atoms with Crippen LogP contribution in [0.25, 0.3) is 0 Å². The molecule has 4 fully saturated rings. The Morgan fingerprint density at radius 3 is 2.38 bits per heavy atom. The third-order valence-corrected chi connectivity index (χ3v) is 5.99. The highest BCUT2D eigenvalue weighted by Crippen LogP contribution is 2.42. The molecule has 0 aromatic carbocycles. The molecule has 4 nitrogen and oxygen atoms in total. The van der Waals surface area contributed by atoms with Crippen molar-refractivity contribution in [2.45, 2.75) is 75.8 Å². The molecule has 1 unspecified atom stereocenters. The SMILES string of the molecule is O=C1C(C2CC2)NC(=O)C2(CCCCC2)N1CCC1CC1. The molecule has 1 saturated heterocycles. The lowest BCUT2D eigenvalue weighted by molar-refractivity contribution is -0.160. The number of nitrogens with one attached hydrogen (secondary N) is 1. The molecule has 3 saturated carbocycles. The number of hydrogen-bond acceptors (Lipinski definition) is 2. The fourth-order valence-electron chi connectivity index (χ4n) is 4.26. The van der Waals surface area contributed by atoms with Gasteiger partial charge in [-0.15, -0.1) is 0 Å². The molecule has 4 rings (SSSR count). The summed E-state index contributed by atoms with van der Waals surface area (Å²) < 4.78 is 0. The Morgan fingerprint density at radius 2 is 1.76 bits per heavy atom. The van der Waals surface area contributed by atoms with Crippen molar-refractivity contribution in [1.82, 2.24) is 10.2 Å². The summed E-state index contributed by atoms with van der Waals surface area (Å²) in [5.74, 6) is 1.59. The second kappa shape index (κ2) is 4.99. The smallest absolute Gasteiger partial charge is 0.246 e. The third-order valence-electron chi connectivity index (χ3n) is 5.99. The Labute approximate surface area is 126 Å². The lowest BCUT2D eigenvalue weighted by Gasteiger charge is -2.50. The quantitative estimate of drug-likeness (QED) is 0.863. The van der Waals surface area contributed by atoms with Crippen molar-refractivity contribution in [2.75, 3.05) is 6.54 Å². The first-order valence-corrected chi connectivity index (χ1v) is 8.83. The maximum absolute atomic E-state index is 13.0. The van der Waals surface area contributed by atoms with E-state index >= 15 is 0 Å². The largest absolute Gasteiger partial charge is 0.342 e. The highest BCUT2D eigenvalue weighted by atomic mass is 16.2. The van der Waals surface area contributed by atoms with Crippen LogP contribution < -0.4 is 5.32 Å². The zero-order valence-electron chi connectivity index (χ0n) is 12.8. The number of nitrogens with zero attached hydrogens (tertiary/aromatic N) is 1. The second-order valence-corrected chi connectivity index (χ2v) is 7.60. The Kier molecular flexibility index (Phi) is 3.23. The second-order valence-electron chi connectivity index (χ2n) is 7.60. The molecule has 4 aliphatic rings. The van der Waals surface area contributed by atoms with Gasteiger partial charge in [0.05, 0.1) is 0 Å². The van der Waals surface area contributed by atoms with Crippen LogP contribution in [-0.2, 0) is 9.59 Å². The van der Waals surface area contributed by atoms with E-state index in [-0.39, 0.29) is 17.9 Å². The van der Waals surface area contributed by atoms with Crippen molar-refractivity contribution in [3.05, 3.63) is 0 Å². The number of amides is 2. The zero-order valence-corrected chi connectivity index (χ0v) is 12.8. The minimum atomic E-state index is -0.504. The number of rotatable bonds is 4. The van der Waals surface area contributed by atoms with Crippen LogP contribution in [0.1, 0.15) is 64.2 Å². The van der Waals surface area contributed by atoms with Crippen LogP contribution in [0.2, 0.25) is 0 Å². The van der Waals surface area contributed by atoms with Gasteiger partial charge in [0.25, 0.3) is 0 Å². The fourth-order valence-corrected chi connectivity index (χ4v) is 4.26. The molecule has 0 radical (unpaired) electrons. The first-order chi connectivity index (χ1) is 10.2. The average molecular weight is 290 g/mol. The van der Waals surface area contributed by atoms with E-state index in [0.717, 1.165) is 57.4 Å². The maximum atomic E-state index is 13.0. The molecule has 3 aliphatic carbocycles. The Bertz CT molecular complexity index is 448. The molecule has 0 aromatic heterocycles. The van der Waals surface area contributed by atoms with Gasteiger partial charge >= 0.3 is 0 Å². The topological polar surface area (TPSA) is 49.4 Å². The lowest BCUT2D eigenvalue weighted by Crippen LogP contribution is -2.71. The monoisotopic (exact) mass is 290 g/mol.